The van der Waals surface area contributed by atoms with E-state index in [4.69, 9.17) is 0 Å². The molecule has 1 amide bonds. The van der Waals surface area contributed by atoms with Gasteiger partial charge in [0.15, 0.2) is 5.82 Å². The average Bonchev–Trinajstić information content (AvgIpc) is 2.69. The fraction of sp³-hybridized carbons (Fsp3) is 0.105. The summed E-state index contributed by atoms with van der Waals surface area (Å²) >= 11 is 1.32. The van der Waals surface area contributed by atoms with Crippen molar-refractivity contribution >= 4 is 29.0 Å². The minimum absolute atomic E-state index is 0.0205. The van der Waals surface area contributed by atoms with E-state index in [1.807, 2.05) is 30.3 Å². The molecule has 0 radical (unpaired) electrons. The lowest BCUT2D eigenvalue weighted by Gasteiger charge is -2.12. The molecule has 7 nitrogen and oxygen atoms in total. The lowest BCUT2D eigenvalue weighted by atomic mass is 10.2. The van der Waals surface area contributed by atoms with Crippen molar-refractivity contribution in [3.63, 3.8) is 0 Å². The summed E-state index contributed by atoms with van der Waals surface area (Å²) in [6.45, 7) is 1.76. The molecule has 0 saturated heterocycles. The SMILES string of the molecule is CC(Sc1ccc([N+](=O)[O-])cc1)C(=O)Nc1cnc(-c2ccccc2)nc1. The van der Waals surface area contributed by atoms with E-state index in [-0.39, 0.29) is 16.8 Å². The van der Waals surface area contributed by atoms with Crippen molar-refractivity contribution in [3.8, 4) is 11.4 Å². The van der Waals surface area contributed by atoms with Crippen LogP contribution in [0.5, 0.6) is 0 Å². The molecule has 0 aliphatic carbocycles. The predicted molar refractivity (Wildman–Crippen MR) is 105 cm³/mol. The average molecular weight is 380 g/mol. The number of thioether (sulfide) groups is 1. The van der Waals surface area contributed by atoms with E-state index in [1.165, 1.54) is 23.9 Å². The quantitative estimate of drug-likeness (QED) is 0.391. The van der Waals surface area contributed by atoms with Gasteiger partial charge in [-0.1, -0.05) is 30.3 Å². The Hall–Kier alpha value is -3.26. The second kappa shape index (κ2) is 8.41. The first-order valence-corrected chi connectivity index (χ1v) is 9.00. The molecule has 8 heteroatoms. The van der Waals surface area contributed by atoms with Crippen LogP contribution in [0.3, 0.4) is 0 Å². The lowest BCUT2D eigenvalue weighted by Crippen LogP contribution is -2.22. The minimum atomic E-state index is -0.455. The smallest absolute Gasteiger partial charge is 0.269 e. The Balaban J connectivity index is 1.60. The third-order valence-electron chi connectivity index (χ3n) is 3.68. The number of hydrogen-bond donors (Lipinski definition) is 1. The van der Waals surface area contributed by atoms with Crippen LogP contribution in [-0.4, -0.2) is 26.0 Å². The van der Waals surface area contributed by atoms with Gasteiger partial charge in [0.2, 0.25) is 5.91 Å². The number of nitro benzene ring substituents is 1. The van der Waals surface area contributed by atoms with E-state index in [2.05, 4.69) is 15.3 Å². The molecule has 0 spiro atoms. The highest BCUT2D eigenvalue weighted by Crippen LogP contribution is 2.26. The number of nitro groups is 1. The molecule has 3 rings (SSSR count). The Morgan fingerprint density at radius 2 is 1.70 bits per heavy atom. The predicted octanol–water partition coefficient (Wildman–Crippen LogP) is 4.17. The molecule has 1 aromatic heterocycles. The summed E-state index contributed by atoms with van der Waals surface area (Å²) in [5.41, 5.74) is 1.43. The van der Waals surface area contributed by atoms with Crippen LogP contribution in [-0.2, 0) is 4.79 Å². The normalized spacial score (nSPS) is 11.6. The van der Waals surface area contributed by atoms with Crippen LogP contribution >= 0.6 is 11.8 Å². The van der Waals surface area contributed by atoms with Gasteiger partial charge in [0, 0.05) is 22.6 Å². The maximum absolute atomic E-state index is 12.4. The number of nitrogens with zero attached hydrogens (tertiary/aromatic N) is 3. The van der Waals surface area contributed by atoms with E-state index in [0.29, 0.717) is 11.5 Å². The van der Waals surface area contributed by atoms with Gasteiger partial charge >= 0.3 is 0 Å². The van der Waals surface area contributed by atoms with Gasteiger partial charge in [-0.3, -0.25) is 14.9 Å². The van der Waals surface area contributed by atoms with Crippen molar-refractivity contribution in [2.24, 2.45) is 0 Å². The number of rotatable bonds is 6. The molecular weight excluding hydrogens is 364 g/mol. The number of hydrogen-bond acceptors (Lipinski definition) is 6. The molecule has 1 atom stereocenters. The lowest BCUT2D eigenvalue weighted by molar-refractivity contribution is -0.384. The molecule has 0 aliphatic rings. The highest BCUT2D eigenvalue weighted by Gasteiger charge is 2.16. The van der Waals surface area contributed by atoms with Gasteiger partial charge < -0.3 is 5.32 Å². The number of non-ortho nitro benzene ring substituents is 1. The van der Waals surface area contributed by atoms with Crippen LogP contribution in [0.15, 0.2) is 71.9 Å². The molecule has 1 N–H and O–H groups in total. The highest BCUT2D eigenvalue weighted by molar-refractivity contribution is 8.00. The second-order valence-electron chi connectivity index (χ2n) is 5.66. The molecule has 0 bridgehead atoms. The van der Waals surface area contributed by atoms with Gasteiger partial charge in [-0.25, -0.2) is 9.97 Å². The number of anilines is 1. The first kappa shape index (κ1) is 18.5. The number of amides is 1. The summed E-state index contributed by atoms with van der Waals surface area (Å²) in [6, 6.07) is 15.7. The third-order valence-corrected chi connectivity index (χ3v) is 4.79. The number of carbonyl (C=O) groups is 1. The Kier molecular flexibility index (Phi) is 5.77. The van der Waals surface area contributed by atoms with Crippen LogP contribution in [0.1, 0.15) is 6.92 Å². The minimum Gasteiger partial charge on any atom is -0.322 e. The number of carbonyl (C=O) groups excluding carboxylic acids is 1. The van der Waals surface area contributed by atoms with Gasteiger partial charge in [0.05, 0.1) is 28.3 Å². The molecule has 0 saturated carbocycles. The highest BCUT2D eigenvalue weighted by atomic mass is 32.2. The molecule has 1 heterocycles. The zero-order valence-corrected chi connectivity index (χ0v) is 15.2. The molecule has 2 aromatic carbocycles. The first-order valence-electron chi connectivity index (χ1n) is 8.12. The molecule has 27 heavy (non-hydrogen) atoms. The summed E-state index contributed by atoms with van der Waals surface area (Å²) in [5, 5.41) is 13.1. The van der Waals surface area contributed by atoms with E-state index in [0.717, 1.165) is 10.5 Å². The summed E-state index contributed by atoms with van der Waals surface area (Å²) in [5.74, 6) is 0.385. The van der Waals surface area contributed by atoms with Crippen molar-refractivity contribution in [1.82, 2.24) is 9.97 Å². The zero-order chi connectivity index (χ0) is 19.2. The molecule has 3 aromatic rings. The topological polar surface area (TPSA) is 98.0 Å². The number of aromatic nitrogens is 2. The van der Waals surface area contributed by atoms with Gasteiger partial charge in [-0.05, 0) is 19.1 Å². The van der Waals surface area contributed by atoms with Crippen LogP contribution in [0.25, 0.3) is 11.4 Å². The fourth-order valence-corrected chi connectivity index (χ4v) is 3.14. The Bertz CT molecular complexity index is 931. The van der Waals surface area contributed by atoms with Crippen molar-refractivity contribution in [2.45, 2.75) is 17.1 Å². The molecule has 0 fully saturated rings. The standard InChI is InChI=1S/C19H16N4O3S/c1-13(27-17-9-7-16(8-10-17)23(25)26)19(24)22-15-11-20-18(21-12-15)14-5-3-2-4-6-14/h2-13H,1H3,(H,22,24). The molecule has 136 valence electrons. The number of benzene rings is 2. The van der Waals surface area contributed by atoms with Crippen molar-refractivity contribution in [2.75, 3.05) is 5.32 Å². The van der Waals surface area contributed by atoms with E-state index in [9.17, 15) is 14.9 Å². The largest absolute Gasteiger partial charge is 0.322 e. The Morgan fingerprint density at radius 1 is 1.07 bits per heavy atom. The maximum atomic E-state index is 12.4. The maximum Gasteiger partial charge on any atom is 0.269 e. The summed E-state index contributed by atoms with van der Waals surface area (Å²) in [7, 11) is 0. The van der Waals surface area contributed by atoms with Gasteiger partial charge in [0.1, 0.15) is 0 Å². The summed E-state index contributed by atoms with van der Waals surface area (Å²) in [6.07, 6.45) is 3.13. The molecule has 1 unspecified atom stereocenters. The van der Waals surface area contributed by atoms with Crippen molar-refractivity contribution in [3.05, 3.63) is 77.1 Å². The van der Waals surface area contributed by atoms with Crippen LogP contribution in [0.2, 0.25) is 0 Å². The van der Waals surface area contributed by atoms with Crippen LogP contribution in [0, 0.1) is 10.1 Å². The zero-order valence-electron chi connectivity index (χ0n) is 14.4. The van der Waals surface area contributed by atoms with E-state index >= 15 is 0 Å². The van der Waals surface area contributed by atoms with E-state index < -0.39 is 4.92 Å². The Morgan fingerprint density at radius 3 is 2.30 bits per heavy atom. The van der Waals surface area contributed by atoms with E-state index in [1.54, 1.807) is 31.5 Å². The van der Waals surface area contributed by atoms with Crippen LogP contribution in [0.4, 0.5) is 11.4 Å². The first-order chi connectivity index (χ1) is 13.0. The summed E-state index contributed by atoms with van der Waals surface area (Å²) in [4.78, 5) is 31.9. The monoisotopic (exact) mass is 380 g/mol. The summed E-state index contributed by atoms with van der Waals surface area (Å²) < 4.78 is 0. The van der Waals surface area contributed by atoms with Crippen molar-refractivity contribution in [1.29, 1.82) is 0 Å². The van der Waals surface area contributed by atoms with Gasteiger partial charge in [0.25, 0.3) is 5.69 Å². The van der Waals surface area contributed by atoms with Gasteiger partial charge in [-0.15, -0.1) is 11.8 Å². The van der Waals surface area contributed by atoms with Gasteiger partial charge in [-0.2, -0.15) is 0 Å². The third kappa shape index (κ3) is 4.89. The fourth-order valence-electron chi connectivity index (χ4n) is 2.28. The van der Waals surface area contributed by atoms with Crippen LogP contribution < -0.4 is 5.32 Å². The Labute approximate surface area is 160 Å². The van der Waals surface area contributed by atoms with Crippen molar-refractivity contribution < 1.29 is 9.72 Å². The number of nitrogens with one attached hydrogen (secondary N) is 1. The molecular formula is C19H16N4O3S. The molecule has 0 aliphatic heterocycles. The second-order valence-corrected chi connectivity index (χ2v) is 7.08.